The molecule has 0 aromatic heterocycles. The molecule has 1 aliphatic heterocycles. The number of sulfonamides is 2. The minimum absolute atomic E-state index is 0.0452. The topological polar surface area (TPSA) is 110 Å². The third-order valence-corrected chi connectivity index (χ3v) is 7.60. The van der Waals surface area contributed by atoms with Gasteiger partial charge in [0.05, 0.1) is 9.79 Å². The van der Waals surface area contributed by atoms with Crippen molar-refractivity contribution in [3.05, 3.63) is 24.3 Å². The molecule has 0 saturated carbocycles. The van der Waals surface area contributed by atoms with E-state index < -0.39 is 20.0 Å². The van der Waals surface area contributed by atoms with Crippen LogP contribution in [-0.2, 0) is 20.0 Å². The fraction of sp³-hybridized carbons (Fsp3) is 0.625. The summed E-state index contributed by atoms with van der Waals surface area (Å²) in [5.74, 6) is 0.620. The van der Waals surface area contributed by atoms with Gasteiger partial charge in [0.2, 0.25) is 20.0 Å². The molecule has 2 atom stereocenters. The molecule has 7 nitrogen and oxygen atoms in total. The minimum Gasteiger partial charge on any atom is -0.330 e. The average Bonchev–Trinajstić information content (AvgIpc) is 2.54. The fourth-order valence-corrected chi connectivity index (χ4v) is 5.89. The third-order valence-electron chi connectivity index (χ3n) is 4.28. The zero-order valence-corrected chi connectivity index (χ0v) is 16.3. The van der Waals surface area contributed by atoms with Crippen molar-refractivity contribution in [2.24, 2.45) is 17.6 Å². The summed E-state index contributed by atoms with van der Waals surface area (Å²) in [6.07, 6.45) is 1.55. The van der Waals surface area contributed by atoms with E-state index in [0.29, 0.717) is 37.9 Å². The molecule has 1 fully saturated rings. The standard InChI is InChI=1S/C16H27N3O4S2/c1-13-10-14(2)12-19(11-13)25(22,23)16-6-4-15(5-7-16)24(20,21)18-9-3-8-17/h4-7,13-14,18H,3,8-12,17H2,1-2H3. The number of hydrogen-bond acceptors (Lipinski definition) is 5. The van der Waals surface area contributed by atoms with E-state index in [9.17, 15) is 16.8 Å². The Morgan fingerprint density at radius 2 is 1.56 bits per heavy atom. The van der Waals surface area contributed by atoms with Gasteiger partial charge in [-0.25, -0.2) is 21.6 Å². The van der Waals surface area contributed by atoms with Crippen LogP contribution in [0, 0.1) is 11.8 Å². The zero-order valence-electron chi connectivity index (χ0n) is 14.7. The van der Waals surface area contributed by atoms with Gasteiger partial charge in [0.15, 0.2) is 0 Å². The molecule has 0 spiro atoms. The molecule has 1 heterocycles. The summed E-state index contributed by atoms with van der Waals surface area (Å²) in [5.41, 5.74) is 5.35. The lowest BCUT2D eigenvalue weighted by molar-refractivity contribution is 0.222. The van der Waals surface area contributed by atoms with Gasteiger partial charge in [0, 0.05) is 19.6 Å². The molecule has 0 aliphatic carbocycles. The van der Waals surface area contributed by atoms with Crippen LogP contribution in [0.5, 0.6) is 0 Å². The van der Waals surface area contributed by atoms with Gasteiger partial charge in [-0.1, -0.05) is 13.8 Å². The molecule has 1 aliphatic rings. The predicted molar refractivity (Wildman–Crippen MR) is 97.0 cm³/mol. The number of rotatable bonds is 7. The summed E-state index contributed by atoms with van der Waals surface area (Å²) in [4.78, 5) is 0.165. The molecule has 25 heavy (non-hydrogen) atoms. The molecular weight excluding hydrogens is 362 g/mol. The van der Waals surface area contributed by atoms with Gasteiger partial charge in [0.1, 0.15) is 0 Å². The van der Waals surface area contributed by atoms with Gasteiger partial charge >= 0.3 is 0 Å². The van der Waals surface area contributed by atoms with E-state index in [2.05, 4.69) is 4.72 Å². The Kier molecular flexibility index (Phi) is 6.61. The van der Waals surface area contributed by atoms with E-state index in [4.69, 9.17) is 5.73 Å². The average molecular weight is 390 g/mol. The highest BCUT2D eigenvalue weighted by Crippen LogP contribution is 2.27. The van der Waals surface area contributed by atoms with Crippen LogP contribution in [0.25, 0.3) is 0 Å². The molecule has 0 bridgehead atoms. The first-order chi connectivity index (χ1) is 11.7. The quantitative estimate of drug-likeness (QED) is 0.676. The van der Waals surface area contributed by atoms with E-state index in [1.165, 1.54) is 28.6 Å². The van der Waals surface area contributed by atoms with Crippen molar-refractivity contribution in [3.8, 4) is 0 Å². The molecule has 0 amide bonds. The van der Waals surface area contributed by atoms with Crippen molar-refractivity contribution < 1.29 is 16.8 Å². The van der Waals surface area contributed by atoms with Crippen molar-refractivity contribution >= 4 is 20.0 Å². The monoisotopic (exact) mass is 389 g/mol. The van der Waals surface area contributed by atoms with E-state index in [0.717, 1.165) is 6.42 Å². The predicted octanol–water partition coefficient (Wildman–Crippen LogP) is 0.980. The lowest BCUT2D eigenvalue weighted by Gasteiger charge is -2.34. The highest BCUT2D eigenvalue weighted by atomic mass is 32.2. The molecule has 1 aromatic carbocycles. The molecule has 3 N–H and O–H groups in total. The second-order valence-corrected chi connectivity index (χ2v) is 10.5. The molecule has 1 aromatic rings. The van der Waals surface area contributed by atoms with Crippen molar-refractivity contribution in [2.45, 2.75) is 36.5 Å². The fourth-order valence-electron chi connectivity index (χ4n) is 3.13. The first kappa shape index (κ1) is 20.3. The van der Waals surface area contributed by atoms with Crippen molar-refractivity contribution in [1.82, 2.24) is 9.03 Å². The van der Waals surface area contributed by atoms with Crippen molar-refractivity contribution in [3.63, 3.8) is 0 Å². The summed E-state index contributed by atoms with van der Waals surface area (Å²) in [7, 11) is -7.26. The highest BCUT2D eigenvalue weighted by molar-refractivity contribution is 7.89. The van der Waals surface area contributed by atoms with Gasteiger partial charge in [0.25, 0.3) is 0 Å². The number of hydrogen-bond donors (Lipinski definition) is 2. The highest BCUT2D eigenvalue weighted by Gasteiger charge is 2.31. The van der Waals surface area contributed by atoms with Crippen LogP contribution in [0.2, 0.25) is 0 Å². The van der Waals surface area contributed by atoms with Crippen LogP contribution in [0.15, 0.2) is 34.1 Å². The maximum absolute atomic E-state index is 12.8. The Labute approximate surface area is 150 Å². The second kappa shape index (κ2) is 8.13. The Balaban J connectivity index is 2.18. The van der Waals surface area contributed by atoms with Crippen LogP contribution in [0.4, 0.5) is 0 Å². The van der Waals surface area contributed by atoms with Crippen LogP contribution in [-0.4, -0.2) is 47.3 Å². The van der Waals surface area contributed by atoms with E-state index >= 15 is 0 Å². The summed E-state index contributed by atoms with van der Waals surface area (Å²) in [6.45, 7) is 5.72. The van der Waals surface area contributed by atoms with E-state index in [1.807, 2.05) is 13.8 Å². The Hall–Kier alpha value is -1.00. The summed E-state index contributed by atoms with van der Waals surface area (Å²) < 4.78 is 53.8. The van der Waals surface area contributed by atoms with E-state index in [1.54, 1.807) is 0 Å². The van der Waals surface area contributed by atoms with Crippen LogP contribution < -0.4 is 10.5 Å². The lowest BCUT2D eigenvalue weighted by atomic mass is 9.94. The SMILES string of the molecule is CC1CC(C)CN(S(=O)(=O)c2ccc(S(=O)(=O)NCCCN)cc2)C1. The maximum Gasteiger partial charge on any atom is 0.243 e. The third kappa shape index (κ3) is 5.01. The van der Waals surface area contributed by atoms with Crippen molar-refractivity contribution in [2.75, 3.05) is 26.2 Å². The van der Waals surface area contributed by atoms with Crippen LogP contribution in [0.3, 0.4) is 0 Å². The minimum atomic E-state index is -3.65. The number of nitrogens with one attached hydrogen (secondary N) is 1. The Morgan fingerprint density at radius 1 is 1.04 bits per heavy atom. The largest absolute Gasteiger partial charge is 0.330 e. The second-order valence-electron chi connectivity index (χ2n) is 6.78. The normalized spacial score (nSPS) is 22.8. The Bertz CT molecular complexity index is 766. The number of benzene rings is 1. The van der Waals surface area contributed by atoms with Crippen LogP contribution in [0.1, 0.15) is 26.7 Å². The van der Waals surface area contributed by atoms with Gasteiger partial charge in [-0.2, -0.15) is 4.31 Å². The lowest BCUT2D eigenvalue weighted by Crippen LogP contribution is -2.42. The molecule has 9 heteroatoms. The molecule has 142 valence electrons. The number of nitrogens with two attached hydrogens (primary N) is 1. The smallest absolute Gasteiger partial charge is 0.243 e. The zero-order chi connectivity index (χ0) is 18.7. The number of nitrogens with zero attached hydrogens (tertiary/aromatic N) is 1. The molecular formula is C16H27N3O4S2. The van der Waals surface area contributed by atoms with Gasteiger partial charge in [-0.15, -0.1) is 0 Å². The molecule has 1 saturated heterocycles. The first-order valence-electron chi connectivity index (χ1n) is 8.46. The molecule has 2 unspecified atom stereocenters. The van der Waals surface area contributed by atoms with Crippen molar-refractivity contribution in [1.29, 1.82) is 0 Å². The summed E-state index contributed by atoms with van der Waals surface area (Å²) in [6, 6.07) is 5.37. The number of piperidine rings is 1. The summed E-state index contributed by atoms with van der Waals surface area (Å²) in [5, 5.41) is 0. The van der Waals surface area contributed by atoms with Crippen LogP contribution >= 0.6 is 0 Å². The maximum atomic E-state index is 12.8. The molecule has 2 rings (SSSR count). The van der Waals surface area contributed by atoms with Gasteiger partial charge in [-0.05, 0) is 55.5 Å². The van der Waals surface area contributed by atoms with Gasteiger partial charge < -0.3 is 5.73 Å². The molecule has 0 radical (unpaired) electrons. The first-order valence-corrected chi connectivity index (χ1v) is 11.4. The van der Waals surface area contributed by atoms with E-state index in [-0.39, 0.29) is 16.3 Å². The van der Waals surface area contributed by atoms with Gasteiger partial charge in [-0.3, -0.25) is 0 Å². The Morgan fingerprint density at radius 3 is 2.08 bits per heavy atom. The summed E-state index contributed by atoms with van der Waals surface area (Å²) >= 11 is 0.